The predicted molar refractivity (Wildman–Crippen MR) is 169 cm³/mol. The summed E-state index contributed by atoms with van der Waals surface area (Å²) in [4.78, 5) is 28.9. The molecule has 0 radical (unpaired) electrons. The van der Waals surface area contributed by atoms with Gasteiger partial charge in [0.2, 0.25) is 21.8 Å². The van der Waals surface area contributed by atoms with E-state index in [0.29, 0.717) is 40.0 Å². The molecule has 0 aromatic heterocycles. The number of halogens is 2. The minimum Gasteiger partial charge on any atom is -0.495 e. The predicted octanol–water partition coefficient (Wildman–Crippen LogP) is 5.71. The fourth-order valence-electron chi connectivity index (χ4n) is 4.57. The highest BCUT2D eigenvalue weighted by Gasteiger charge is 2.30. The Kier molecular flexibility index (Phi) is 12.5. The fraction of sp³-hybridized carbons (Fsp3) is 0.355. The van der Waals surface area contributed by atoms with E-state index in [4.69, 9.17) is 27.9 Å². The first-order chi connectivity index (χ1) is 20.0. The SMILES string of the molecule is CCCNC(=O)C(Cc1ccccc1)N(Cc1ccc(Cl)c(Cl)c1)C(=O)CCCN(c1ccccc1OC)S(C)(=O)=O. The van der Waals surface area contributed by atoms with E-state index < -0.39 is 16.1 Å². The number of hydrogen-bond donors (Lipinski definition) is 1. The first-order valence-electron chi connectivity index (χ1n) is 13.7. The van der Waals surface area contributed by atoms with Gasteiger partial charge in [0.1, 0.15) is 11.8 Å². The van der Waals surface area contributed by atoms with Gasteiger partial charge in [-0.05, 0) is 48.2 Å². The molecule has 0 aliphatic carbocycles. The number of anilines is 1. The summed E-state index contributed by atoms with van der Waals surface area (Å²) in [5.74, 6) is -0.144. The van der Waals surface area contributed by atoms with Gasteiger partial charge >= 0.3 is 0 Å². The second kappa shape index (κ2) is 15.8. The van der Waals surface area contributed by atoms with Crippen LogP contribution in [0.15, 0.2) is 72.8 Å². The van der Waals surface area contributed by atoms with Gasteiger partial charge in [-0.2, -0.15) is 0 Å². The Morgan fingerprint density at radius 2 is 1.64 bits per heavy atom. The zero-order chi connectivity index (χ0) is 30.7. The van der Waals surface area contributed by atoms with Crippen LogP contribution in [-0.2, 0) is 32.6 Å². The number of sulfonamides is 1. The van der Waals surface area contributed by atoms with Gasteiger partial charge in [0, 0.05) is 32.5 Å². The number of methoxy groups -OCH3 is 1. The lowest BCUT2D eigenvalue weighted by molar-refractivity contribution is -0.141. The molecule has 1 N–H and O–H groups in total. The van der Waals surface area contributed by atoms with Crippen molar-refractivity contribution in [2.45, 2.75) is 45.2 Å². The average Bonchev–Trinajstić information content (AvgIpc) is 2.97. The molecule has 3 rings (SSSR count). The topological polar surface area (TPSA) is 96.0 Å². The van der Waals surface area contributed by atoms with E-state index in [1.54, 1.807) is 47.4 Å². The van der Waals surface area contributed by atoms with E-state index in [1.165, 1.54) is 11.4 Å². The van der Waals surface area contributed by atoms with Crippen molar-refractivity contribution in [3.8, 4) is 5.75 Å². The fourth-order valence-corrected chi connectivity index (χ4v) is 5.86. The summed E-state index contributed by atoms with van der Waals surface area (Å²) in [6.07, 6.45) is 2.39. The zero-order valence-corrected chi connectivity index (χ0v) is 26.4. The third kappa shape index (κ3) is 9.37. The molecule has 0 aliphatic rings. The molecule has 1 atom stereocenters. The molecule has 42 heavy (non-hydrogen) atoms. The Balaban J connectivity index is 1.91. The molecule has 8 nitrogen and oxygen atoms in total. The van der Waals surface area contributed by atoms with Crippen LogP contribution in [0, 0.1) is 0 Å². The van der Waals surface area contributed by atoms with E-state index in [2.05, 4.69) is 5.32 Å². The molecule has 0 bridgehead atoms. The van der Waals surface area contributed by atoms with E-state index in [1.807, 2.05) is 37.3 Å². The summed E-state index contributed by atoms with van der Waals surface area (Å²) >= 11 is 12.4. The van der Waals surface area contributed by atoms with Gasteiger partial charge in [0.15, 0.2) is 0 Å². The monoisotopic (exact) mass is 633 g/mol. The Bertz CT molecular complexity index is 1450. The maximum atomic E-state index is 13.9. The van der Waals surface area contributed by atoms with Crippen LogP contribution >= 0.6 is 23.2 Å². The average molecular weight is 635 g/mol. The maximum Gasteiger partial charge on any atom is 0.243 e. The quantitative estimate of drug-likeness (QED) is 0.231. The van der Waals surface area contributed by atoms with Gasteiger partial charge in [0.25, 0.3) is 0 Å². The second-order valence-electron chi connectivity index (χ2n) is 9.88. The number of rotatable bonds is 15. The molecule has 3 aromatic carbocycles. The number of benzene rings is 3. The Morgan fingerprint density at radius 3 is 2.29 bits per heavy atom. The van der Waals surface area contributed by atoms with Crippen molar-refractivity contribution in [3.63, 3.8) is 0 Å². The van der Waals surface area contributed by atoms with Crippen LogP contribution in [0.5, 0.6) is 5.75 Å². The molecule has 0 spiro atoms. The number of hydrogen-bond acceptors (Lipinski definition) is 5. The van der Waals surface area contributed by atoms with Gasteiger partial charge in [-0.1, -0.05) is 78.7 Å². The molecule has 0 aliphatic heterocycles. The molecule has 0 saturated heterocycles. The van der Waals surface area contributed by atoms with E-state index in [9.17, 15) is 18.0 Å². The van der Waals surface area contributed by atoms with Crippen LogP contribution in [0.2, 0.25) is 10.0 Å². The van der Waals surface area contributed by atoms with Gasteiger partial charge in [-0.15, -0.1) is 0 Å². The summed E-state index contributed by atoms with van der Waals surface area (Å²) in [7, 11) is -2.20. The van der Waals surface area contributed by atoms with Crippen molar-refractivity contribution >= 4 is 50.7 Å². The molecular weight excluding hydrogens is 597 g/mol. The number of carbonyl (C=O) groups excluding carboxylic acids is 2. The second-order valence-corrected chi connectivity index (χ2v) is 12.6. The van der Waals surface area contributed by atoms with Crippen LogP contribution < -0.4 is 14.4 Å². The van der Waals surface area contributed by atoms with Crippen molar-refractivity contribution in [3.05, 3.63) is 94.0 Å². The molecule has 11 heteroatoms. The van der Waals surface area contributed by atoms with Crippen LogP contribution in [0.4, 0.5) is 5.69 Å². The molecule has 226 valence electrons. The van der Waals surface area contributed by atoms with E-state index in [0.717, 1.165) is 18.2 Å². The van der Waals surface area contributed by atoms with Crippen molar-refractivity contribution in [1.82, 2.24) is 10.2 Å². The smallest absolute Gasteiger partial charge is 0.243 e. The van der Waals surface area contributed by atoms with Gasteiger partial charge < -0.3 is 15.0 Å². The van der Waals surface area contributed by atoms with Crippen LogP contribution in [-0.4, -0.2) is 57.6 Å². The van der Waals surface area contributed by atoms with Crippen LogP contribution in [0.3, 0.4) is 0 Å². The summed E-state index contributed by atoms with van der Waals surface area (Å²) in [6.45, 7) is 2.60. The highest BCUT2D eigenvalue weighted by molar-refractivity contribution is 7.92. The lowest BCUT2D eigenvalue weighted by atomic mass is 10.0. The molecule has 0 fully saturated rings. The number of ether oxygens (including phenoxy) is 1. The Labute approximate surface area is 258 Å². The Hall–Kier alpha value is -3.27. The minimum absolute atomic E-state index is 0.00877. The normalized spacial score (nSPS) is 11.9. The number of carbonyl (C=O) groups is 2. The first-order valence-corrected chi connectivity index (χ1v) is 16.3. The molecular formula is C31H37Cl2N3O5S. The van der Waals surface area contributed by atoms with Gasteiger partial charge in [-0.3, -0.25) is 13.9 Å². The van der Waals surface area contributed by atoms with Crippen molar-refractivity contribution < 1.29 is 22.7 Å². The third-order valence-corrected chi connectivity index (χ3v) is 8.58. The number of nitrogens with zero attached hydrogens (tertiary/aromatic N) is 2. The summed E-state index contributed by atoms with van der Waals surface area (Å²) in [6, 6.07) is 20.6. The van der Waals surface area contributed by atoms with Crippen molar-refractivity contribution in [1.29, 1.82) is 0 Å². The highest BCUT2D eigenvalue weighted by Crippen LogP contribution is 2.30. The summed E-state index contributed by atoms with van der Waals surface area (Å²) in [5.41, 5.74) is 2.01. The summed E-state index contributed by atoms with van der Waals surface area (Å²) < 4.78 is 32.0. The molecule has 2 amide bonds. The van der Waals surface area contributed by atoms with Gasteiger partial charge in [-0.25, -0.2) is 8.42 Å². The number of para-hydroxylation sites is 2. The van der Waals surface area contributed by atoms with E-state index >= 15 is 0 Å². The Morgan fingerprint density at radius 1 is 0.952 bits per heavy atom. The first kappa shape index (κ1) is 33.2. The van der Waals surface area contributed by atoms with Crippen LogP contribution in [0.1, 0.15) is 37.3 Å². The molecule has 3 aromatic rings. The number of amides is 2. The van der Waals surface area contributed by atoms with E-state index in [-0.39, 0.29) is 37.7 Å². The standard InChI is InChI=1S/C31H37Cl2N3O5S/c1-4-18-34-31(38)28(21-23-11-6-5-7-12-23)35(22-24-16-17-25(32)26(33)20-24)30(37)15-10-19-36(42(3,39)40)27-13-8-9-14-29(27)41-2/h5-9,11-14,16-17,20,28H,4,10,15,18-19,21-22H2,1-3H3,(H,34,38). The molecule has 1 unspecified atom stereocenters. The summed E-state index contributed by atoms with van der Waals surface area (Å²) in [5, 5.41) is 3.67. The third-order valence-electron chi connectivity index (χ3n) is 6.66. The maximum absolute atomic E-state index is 13.9. The largest absolute Gasteiger partial charge is 0.495 e. The zero-order valence-electron chi connectivity index (χ0n) is 24.1. The molecule has 0 heterocycles. The van der Waals surface area contributed by atoms with Crippen molar-refractivity contribution in [2.75, 3.05) is 30.8 Å². The van der Waals surface area contributed by atoms with Crippen molar-refractivity contribution in [2.24, 2.45) is 0 Å². The van der Waals surface area contributed by atoms with Crippen LogP contribution in [0.25, 0.3) is 0 Å². The molecule has 0 saturated carbocycles. The lowest BCUT2D eigenvalue weighted by Gasteiger charge is -2.32. The highest BCUT2D eigenvalue weighted by atomic mass is 35.5. The number of nitrogens with one attached hydrogen (secondary N) is 1. The minimum atomic E-state index is -3.67. The lowest BCUT2D eigenvalue weighted by Crippen LogP contribution is -2.50. The van der Waals surface area contributed by atoms with Gasteiger partial charge in [0.05, 0.1) is 29.1 Å².